The van der Waals surface area contributed by atoms with Gasteiger partial charge in [0.25, 0.3) is 0 Å². The van der Waals surface area contributed by atoms with E-state index in [2.05, 4.69) is 33.1 Å². The fraction of sp³-hybridized carbons (Fsp3) is 1.00. The molecule has 4 heteroatoms. The Morgan fingerprint density at radius 2 is 1.60 bits per heavy atom. The number of alkyl halides is 1. The molecule has 0 saturated heterocycles. The van der Waals surface area contributed by atoms with Gasteiger partial charge < -0.3 is 0 Å². The zero-order chi connectivity index (χ0) is 4.50. The zero-order valence-corrected chi connectivity index (χ0v) is 4.14. The summed E-state index contributed by atoms with van der Waals surface area (Å²) in [6.45, 7) is 0. The topological polar surface area (TPSA) is 0 Å². The monoisotopic (exact) mass is 108 g/mol. The molecule has 0 saturated carbocycles. The Bertz CT molecular complexity index is 25.1. The van der Waals surface area contributed by atoms with Crippen LogP contribution in [0.5, 0.6) is 0 Å². The van der Waals surface area contributed by atoms with E-state index in [1.54, 1.807) is 0 Å². The summed E-state index contributed by atoms with van der Waals surface area (Å²) in [5.74, 6) is 0. The number of thiol groups is 2. The number of hydrogen-bond acceptors (Lipinski definition) is 2. The fourth-order valence-corrected chi connectivity index (χ4v) is 0. The van der Waals surface area contributed by atoms with Crippen LogP contribution < -0.4 is 0 Å². The normalized spacial score (nSPS) is 11.8. The second-order valence-corrected chi connectivity index (χ2v) is 2.29. The fourth-order valence-electron chi connectivity index (χ4n) is 0. The van der Waals surface area contributed by atoms with Crippen molar-refractivity contribution in [2.75, 3.05) is 0 Å². The predicted octanol–water partition coefficient (Wildman–Crippen LogP) is 0.595. The van der Waals surface area contributed by atoms with Gasteiger partial charge in [0.15, 0.2) is 7.85 Å². The summed E-state index contributed by atoms with van der Waals surface area (Å²) in [5, 5.41) is 0. The van der Waals surface area contributed by atoms with Crippen molar-refractivity contribution >= 4 is 33.1 Å². The molecule has 0 fully saturated rings. The molecule has 0 nitrogen and oxygen atoms in total. The first-order valence-corrected chi connectivity index (χ1v) is 1.82. The first-order chi connectivity index (χ1) is 2.00. The molecule has 0 aliphatic carbocycles. The van der Waals surface area contributed by atoms with E-state index >= 15 is 0 Å². The molecular formula is CH2BFS2. The molecule has 0 bridgehead atoms. The summed E-state index contributed by atoms with van der Waals surface area (Å²) in [6, 6.07) is 0. The van der Waals surface area contributed by atoms with Crippen LogP contribution in [0, 0.1) is 0 Å². The van der Waals surface area contributed by atoms with Crippen LogP contribution in [0.4, 0.5) is 4.39 Å². The van der Waals surface area contributed by atoms with Gasteiger partial charge in [-0.15, -0.1) is 25.3 Å². The first-order valence-electron chi connectivity index (χ1n) is 0.925. The standard InChI is InChI=1S/CH2BFS2/c2-1(3,4)5/h4-5H. The zero-order valence-electron chi connectivity index (χ0n) is 2.35. The highest BCUT2D eigenvalue weighted by molar-refractivity contribution is 8.02. The van der Waals surface area contributed by atoms with Gasteiger partial charge in [0, 0.05) is 0 Å². The van der Waals surface area contributed by atoms with Gasteiger partial charge in [-0.1, -0.05) is 0 Å². The highest BCUT2D eigenvalue weighted by Crippen LogP contribution is 2.13. The lowest BCUT2D eigenvalue weighted by atomic mass is 10.2. The van der Waals surface area contributed by atoms with Crippen molar-refractivity contribution in [3.63, 3.8) is 0 Å². The Morgan fingerprint density at radius 1 is 1.60 bits per heavy atom. The highest BCUT2D eigenvalue weighted by Gasteiger charge is 2.04. The third-order valence-electron chi connectivity index (χ3n) is 0. The Labute approximate surface area is 42.4 Å². The Kier molecular flexibility index (Phi) is 1.63. The molecule has 0 aliphatic heterocycles. The largest absolute Gasteiger partial charge is 0.232 e. The summed E-state index contributed by atoms with van der Waals surface area (Å²) in [7, 11) is 4.42. The number of halogens is 1. The molecular weight excluding hydrogens is 106 g/mol. The van der Waals surface area contributed by atoms with Crippen molar-refractivity contribution in [3.8, 4) is 0 Å². The van der Waals surface area contributed by atoms with Crippen LogP contribution in [-0.4, -0.2) is 12.1 Å². The lowest BCUT2D eigenvalue weighted by Gasteiger charge is -1.98. The van der Waals surface area contributed by atoms with Crippen molar-refractivity contribution in [3.05, 3.63) is 0 Å². The Morgan fingerprint density at radius 3 is 1.60 bits per heavy atom. The van der Waals surface area contributed by atoms with Crippen LogP contribution in [0.25, 0.3) is 0 Å². The summed E-state index contributed by atoms with van der Waals surface area (Å²) in [6.07, 6.45) is 0. The molecule has 28 valence electrons. The van der Waals surface area contributed by atoms with E-state index in [1.807, 2.05) is 0 Å². The van der Waals surface area contributed by atoms with Crippen molar-refractivity contribution in [2.24, 2.45) is 0 Å². The molecule has 5 heavy (non-hydrogen) atoms. The molecule has 0 heterocycles. The summed E-state index contributed by atoms with van der Waals surface area (Å²) < 4.78 is 9.08. The van der Waals surface area contributed by atoms with Crippen molar-refractivity contribution < 1.29 is 4.39 Å². The minimum atomic E-state index is -2.11. The SMILES string of the molecule is [B]C(F)(S)S. The van der Waals surface area contributed by atoms with Crippen LogP contribution >= 0.6 is 25.3 Å². The molecule has 0 rings (SSSR count). The average Bonchev–Trinajstić information content (AvgIpc) is 0.722. The molecule has 0 amide bonds. The van der Waals surface area contributed by atoms with E-state index in [0.29, 0.717) is 0 Å². The minimum Gasteiger partial charge on any atom is -0.232 e. The van der Waals surface area contributed by atoms with Crippen molar-refractivity contribution in [2.45, 2.75) is 4.23 Å². The maximum absolute atomic E-state index is 11.2. The van der Waals surface area contributed by atoms with Crippen LogP contribution in [0.2, 0.25) is 0 Å². The molecule has 0 N–H and O–H groups in total. The lowest BCUT2D eigenvalue weighted by molar-refractivity contribution is 0.530. The van der Waals surface area contributed by atoms with Crippen LogP contribution in [-0.2, 0) is 0 Å². The molecule has 0 unspecified atom stereocenters. The predicted molar refractivity (Wildman–Crippen MR) is 27.6 cm³/mol. The minimum absolute atomic E-state index is 2.11. The van der Waals surface area contributed by atoms with E-state index < -0.39 is 4.23 Å². The van der Waals surface area contributed by atoms with Gasteiger partial charge in [0.2, 0.25) is 0 Å². The summed E-state index contributed by atoms with van der Waals surface area (Å²) in [5.41, 5.74) is 0. The molecule has 0 aliphatic rings. The van der Waals surface area contributed by atoms with E-state index in [1.165, 1.54) is 0 Å². The van der Waals surface area contributed by atoms with E-state index in [9.17, 15) is 4.39 Å². The maximum Gasteiger partial charge on any atom is 0.151 e. The maximum atomic E-state index is 11.2. The molecule has 0 aromatic carbocycles. The highest BCUT2D eigenvalue weighted by atomic mass is 32.2. The van der Waals surface area contributed by atoms with Crippen molar-refractivity contribution in [1.29, 1.82) is 0 Å². The summed E-state index contributed by atoms with van der Waals surface area (Å²) in [4.78, 5) is 0. The van der Waals surface area contributed by atoms with Gasteiger partial charge in [-0.3, -0.25) is 0 Å². The molecule has 0 atom stereocenters. The number of rotatable bonds is 0. The van der Waals surface area contributed by atoms with Gasteiger partial charge >= 0.3 is 0 Å². The molecule has 0 aromatic heterocycles. The number of hydrogen-bond donors (Lipinski definition) is 2. The van der Waals surface area contributed by atoms with E-state index in [4.69, 9.17) is 0 Å². The third kappa shape index (κ3) is 70.6. The second kappa shape index (κ2) is 1.43. The second-order valence-electron chi connectivity index (χ2n) is 0.636. The Hall–Kier alpha value is 0.695. The summed E-state index contributed by atoms with van der Waals surface area (Å²) >= 11 is 6.20. The van der Waals surface area contributed by atoms with Crippen LogP contribution in [0.3, 0.4) is 0 Å². The quantitative estimate of drug-likeness (QED) is 0.253. The van der Waals surface area contributed by atoms with Gasteiger partial charge in [-0.25, -0.2) is 4.39 Å². The molecule has 0 aromatic rings. The van der Waals surface area contributed by atoms with Crippen LogP contribution in [0.1, 0.15) is 0 Å². The van der Waals surface area contributed by atoms with Gasteiger partial charge in [0.1, 0.15) is 4.23 Å². The smallest absolute Gasteiger partial charge is 0.151 e. The molecule has 0 spiro atoms. The van der Waals surface area contributed by atoms with Crippen molar-refractivity contribution in [1.82, 2.24) is 0 Å². The van der Waals surface area contributed by atoms with E-state index in [-0.39, 0.29) is 0 Å². The Balaban J connectivity index is 3.02. The van der Waals surface area contributed by atoms with Crippen LogP contribution in [0.15, 0.2) is 0 Å². The average molecular weight is 108 g/mol. The van der Waals surface area contributed by atoms with Gasteiger partial charge in [-0.05, 0) is 0 Å². The third-order valence-corrected chi connectivity index (χ3v) is 0. The molecule has 2 radical (unpaired) electrons. The van der Waals surface area contributed by atoms with Gasteiger partial charge in [0.05, 0.1) is 0 Å². The van der Waals surface area contributed by atoms with Gasteiger partial charge in [-0.2, -0.15) is 0 Å². The lowest BCUT2D eigenvalue weighted by Crippen LogP contribution is -1.99. The van der Waals surface area contributed by atoms with E-state index in [0.717, 1.165) is 0 Å². The first kappa shape index (κ1) is 5.69.